The maximum absolute atomic E-state index is 5.89. The van der Waals surface area contributed by atoms with Crippen molar-refractivity contribution in [3.8, 4) is 0 Å². The number of nitrogens with zero attached hydrogens (tertiary/aromatic N) is 2. The summed E-state index contributed by atoms with van der Waals surface area (Å²) in [7, 11) is 0. The van der Waals surface area contributed by atoms with E-state index in [0.717, 1.165) is 22.0 Å². The zero-order valence-corrected chi connectivity index (χ0v) is 10.8. The number of hydrogen-bond donors (Lipinski definition) is 1. The number of rotatable bonds is 3. The van der Waals surface area contributed by atoms with Crippen LogP contribution in [0.15, 0.2) is 30.3 Å². The van der Waals surface area contributed by atoms with E-state index < -0.39 is 0 Å². The third-order valence-electron chi connectivity index (χ3n) is 2.82. The van der Waals surface area contributed by atoms with Crippen LogP contribution in [0.25, 0.3) is 0 Å². The first kappa shape index (κ1) is 12.1. The van der Waals surface area contributed by atoms with Crippen molar-refractivity contribution >= 4 is 11.6 Å². The van der Waals surface area contributed by atoms with Gasteiger partial charge in [0.25, 0.3) is 0 Å². The Kier molecular flexibility index (Phi) is 3.50. The number of aryl methyl sites for hydroxylation is 2. The van der Waals surface area contributed by atoms with Crippen LogP contribution in [0.2, 0.25) is 5.02 Å². The average Bonchev–Trinajstić information content (AvgIpc) is 2.62. The first-order valence-corrected chi connectivity index (χ1v) is 5.98. The fourth-order valence-corrected chi connectivity index (χ4v) is 2.15. The van der Waals surface area contributed by atoms with Crippen LogP contribution in [0.3, 0.4) is 0 Å². The molecular formula is C13H16ClN3. The Hall–Kier alpha value is -1.32. The zero-order valence-electron chi connectivity index (χ0n) is 10.0. The van der Waals surface area contributed by atoms with Crippen LogP contribution >= 0.6 is 11.6 Å². The topological polar surface area (TPSA) is 43.8 Å². The zero-order chi connectivity index (χ0) is 12.4. The lowest BCUT2D eigenvalue weighted by atomic mass is 10.1. The molecule has 0 aliphatic heterocycles. The Morgan fingerprint density at radius 2 is 1.94 bits per heavy atom. The van der Waals surface area contributed by atoms with E-state index in [9.17, 15) is 0 Å². The lowest BCUT2D eigenvalue weighted by Gasteiger charge is -2.17. The van der Waals surface area contributed by atoms with Crippen LogP contribution in [-0.2, 0) is 0 Å². The minimum absolute atomic E-state index is 0.0703. The Labute approximate surface area is 106 Å². The van der Waals surface area contributed by atoms with E-state index in [1.165, 1.54) is 0 Å². The molecule has 0 saturated heterocycles. The van der Waals surface area contributed by atoms with E-state index >= 15 is 0 Å². The maximum atomic E-state index is 5.89. The van der Waals surface area contributed by atoms with E-state index in [4.69, 9.17) is 17.3 Å². The van der Waals surface area contributed by atoms with Gasteiger partial charge in [-0.2, -0.15) is 5.10 Å². The third kappa shape index (κ3) is 2.51. The monoisotopic (exact) mass is 249 g/mol. The molecule has 90 valence electrons. The molecule has 1 aromatic carbocycles. The number of aromatic nitrogens is 2. The molecule has 0 saturated carbocycles. The van der Waals surface area contributed by atoms with Crippen LogP contribution in [0.5, 0.6) is 0 Å². The van der Waals surface area contributed by atoms with Gasteiger partial charge in [-0.15, -0.1) is 0 Å². The summed E-state index contributed by atoms with van der Waals surface area (Å²) in [5, 5.41) is 5.22. The normalized spacial score (nSPS) is 12.7. The van der Waals surface area contributed by atoms with Crippen molar-refractivity contribution in [1.29, 1.82) is 0 Å². The van der Waals surface area contributed by atoms with Gasteiger partial charge in [0.15, 0.2) is 0 Å². The molecule has 0 aliphatic rings. The number of halogens is 1. The van der Waals surface area contributed by atoms with E-state index in [2.05, 4.69) is 11.2 Å². The van der Waals surface area contributed by atoms with Gasteiger partial charge < -0.3 is 5.73 Å². The summed E-state index contributed by atoms with van der Waals surface area (Å²) in [5.74, 6) is 0. The molecule has 0 bridgehead atoms. The number of nitrogens with two attached hydrogens (primary N) is 1. The van der Waals surface area contributed by atoms with Crippen LogP contribution in [0, 0.1) is 13.8 Å². The van der Waals surface area contributed by atoms with Gasteiger partial charge in [0.2, 0.25) is 0 Å². The van der Waals surface area contributed by atoms with Gasteiger partial charge in [-0.05, 0) is 37.6 Å². The second kappa shape index (κ2) is 4.90. The van der Waals surface area contributed by atoms with Crippen molar-refractivity contribution in [2.75, 3.05) is 6.54 Å². The Bertz CT molecular complexity index is 502. The van der Waals surface area contributed by atoms with Gasteiger partial charge in [0.1, 0.15) is 0 Å². The second-order valence-corrected chi connectivity index (χ2v) is 4.61. The fourth-order valence-electron chi connectivity index (χ4n) is 2.02. The van der Waals surface area contributed by atoms with Gasteiger partial charge in [-0.25, -0.2) is 0 Å². The molecule has 0 spiro atoms. The van der Waals surface area contributed by atoms with Crippen LogP contribution < -0.4 is 5.73 Å². The van der Waals surface area contributed by atoms with Gasteiger partial charge in [0, 0.05) is 17.3 Å². The van der Waals surface area contributed by atoms with E-state index in [-0.39, 0.29) is 6.04 Å². The van der Waals surface area contributed by atoms with Crippen molar-refractivity contribution in [2.45, 2.75) is 19.9 Å². The Morgan fingerprint density at radius 1 is 1.29 bits per heavy atom. The molecule has 0 amide bonds. The highest BCUT2D eigenvalue weighted by atomic mass is 35.5. The van der Waals surface area contributed by atoms with Gasteiger partial charge in [0.05, 0.1) is 11.7 Å². The fraction of sp³-hybridized carbons (Fsp3) is 0.308. The predicted molar refractivity (Wildman–Crippen MR) is 70.3 cm³/mol. The van der Waals surface area contributed by atoms with Crippen molar-refractivity contribution in [1.82, 2.24) is 9.78 Å². The van der Waals surface area contributed by atoms with Gasteiger partial charge in [-0.3, -0.25) is 4.68 Å². The number of hydrogen-bond acceptors (Lipinski definition) is 2. The van der Waals surface area contributed by atoms with Crippen LogP contribution in [0.4, 0.5) is 0 Å². The van der Waals surface area contributed by atoms with Crippen molar-refractivity contribution in [2.24, 2.45) is 5.73 Å². The maximum Gasteiger partial charge on any atom is 0.0893 e. The molecule has 0 aliphatic carbocycles. The summed E-state index contributed by atoms with van der Waals surface area (Å²) in [6.45, 7) is 4.54. The van der Waals surface area contributed by atoms with Crippen molar-refractivity contribution in [3.05, 3.63) is 52.3 Å². The first-order valence-electron chi connectivity index (χ1n) is 5.60. The molecule has 1 heterocycles. The molecule has 0 radical (unpaired) electrons. The molecule has 1 aromatic heterocycles. The van der Waals surface area contributed by atoms with Crippen molar-refractivity contribution < 1.29 is 0 Å². The third-order valence-corrected chi connectivity index (χ3v) is 3.07. The highest BCUT2D eigenvalue weighted by molar-refractivity contribution is 6.30. The summed E-state index contributed by atoms with van der Waals surface area (Å²) in [6.07, 6.45) is 0. The SMILES string of the molecule is Cc1cc(C)n(C(CN)c2ccc(Cl)cc2)n1. The van der Waals surface area contributed by atoms with Crippen LogP contribution in [0.1, 0.15) is 23.0 Å². The molecule has 2 rings (SSSR count). The lowest BCUT2D eigenvalue weighted by molar-refractivity contribution is 0.516. The van der Waals surface area contributed by atoms with Gasteiger partial charge in [-0.1, -0.05) is 23.7 Å². The molecule has 0 fully saturated rings. The molecule has 1 unspecified atom stereocenters. The predicted octanol–water partition coefficient (Wildman–Crippen LogP) is 2.70. The second-order valence-electron chi connectivity index (χ2n) is 4.17. The van der Waals surface area contributed by atoms with E-state index in [0.29, 0.717) is 6.54 Å². The molecule has 2 N–H and O–H groups in total. The average molecular weight is 250 g/mol. The summed E-state index contributed by atoms with van der Waals surface area (Å²) in [4.78, 5) is 0. The highest BCUT2D eigenvalue weighted by Gasteiger charge is 2.14. The van der Waals surface area contributed by atoms with E-state index in [1.54, 1.807) is 0 Å². The minimum Gasteiger partial charge on any atom is -0.328 e. The quantitative estimate of drug-likeness (QED) is 0.909. The molecule has 1 atom stereocenters. The number of benzene rings is 1. The smallest absolute Gasteiger partial charge is 0.0893 e. The standard InChI is InChI=1S/C13H16ClN3/c1-9-7-10(2)17(16-9)13(8-15)11-3-5-12(14)6-4-11/h3-7,13H,8,15H2,1-2H3. The molecule has 2 aromatic rings. The summed E-state index contributed by atoms with van der Waals surface area (Å²) < 4.78 is 1.97. The summed E-state index contributed by atoms with van der Waals surface area (Å²) >= 11 is 5.89. The molecular weight excluding hydrogens is 234 g/mol. The molecule has 17 heavy (non-hydrogen) atoms. The summed E-state index contributed by atoms with van der Waals surface area (Å²) in [6, 6.07) is 9.88. The summed E-state index contributed by atoms with van der Waals surface area (Å²) in [5.41, 5.74) is 9.11. The van der Waals surface area contributed by atoms with Crippen molar-refractivity contribution in [3.63, 3.8) is 0 Å². The highest BCUT2D eigenvalue weighted by Crippen LogP contribution is 2.21. The largest absolute Gasteiger partial charge is 0.328 e. The molecule has 3 nitrogen and oxygen atoms in total. The lowest BCUT2D eigenvalue weighted by Crippen LogP contribution is -2.22. The minimum atomic E-state index is 0.0703. The Balaban J connectivity index is 2.39. The van der Waals surface area contributed by atoms with E-state index in [1.807, 2.05) is 42.8 Å². The first-order chi connectivity index (χ1) is 8.11. The van der Waals surface area contributed by atoms with Gasteiger partial charge >= 0.3 is 0 Å². The van der Waals surface area contributed by atoms with Crippen LogP contribution in [-0.4, -0.2) is 16.3 Å². The Morgan fingerprint density at radius 3 is 2.41 bits per heavy atom. The molecule has 4 heteroatoms.